The number of hydrogen-bond donors (Lipinski definition) is 1. The van der Waals surface area contributed by atoms with Crippen molar-refractivity contribution in [2.75, 3.05) is 0 Å². The zero-order valence-electron chi connectivity index (χ0n) is 13.6. The van der Waals surface area contributed by atoms with Gasteiger partial charge in [0.15, 0.2) is 10.1 Å². The minimum atomic E-state index is -0.421. The number of fused-ring (bicyclic) bond motifs is 2. The highest BCUT2D eigenvalue weighted by molar-refractivity contribution is 8.02. The fourth-order valence-electron chi connectivity index (χ4n) is 2.76. The van der Waals surface area contributed by atoms with Crippen LogP contribution in [-0.4, -0.2) is 25.9 Å². The fraction of sp³-hybridized carbons (Fsp3) is 0.111. The van der Waals surface area contributed by atoms with Crippen molar-refractivity contribution in [3.05, 3.63) is 64.3 Å². The summed E-state index contributed by atoms with van der Waals surface area (Å²) in [6.45, 7) is 1.85. The zero-order chi connectivity index (χ0) is 18.3. The number of rotatable bonds is 5. The third-order valence-corrected chi connectivity index (χ3v) is 6.28. The molecule has 2 aromatic carbocycles. The number of aromatic nitrogens is 2. The molecule has 2 aromatic heterocycles. The van der Waals surface area contributed by atoms with Crippen LogP contribution < -0.4 is 0 Å². The highest BCUT2D eigenvalue weighted by Gasteiger charge is 2.21. The zero-order valence-corrected chi connectivity index (χ0v) is 15.3. The molecule has 0 spiro atoms. The molecule has 0 saturated carbocycles. The number of benzene rings is 2. The van der Waals surface area contributed by atoms with Gasteiger partial charge in [-0.1, -0.05) is 30.0 Å². The van der Waals surface area contributed by atoms with Crippen molar-refractivity contribution in [2.24, 2.45) is 0 Å². The minimum absolute atomic E-state index is 0.0256. The van der Waals surface area contributed by atoms with Crippen LogP contribution in [-0.2, 0) is 0 Å². The number of Topliss-reactive ketones (excluding diaryl/α,β-unsaturated/α-hetero) is 1. The number of hydrogen-bond acceptors (Lipinski definition) is 6. The van der Waals surface area contributed by atoms with Crippen molar-refractivity contribution >= 4 is 55.7 Å². The number of nitrogens with zero attached hydrogens (tertiary/aromatic N) is 2. The summed E-state index contributed by atoms with van der Waals surface area (Å²) in [5, 5.41) is 11.5. The van der Waals surface area contributed by atoms with E-state index in [-0.39, 0.29) is 16.7 Å². The number of nitro groups is 1. The van der Waals surface area contributed by atoms with Crippen LogP contribution in [0.2, 0.25) is 0 Å². The van der Waals surface area contributed by atoms with E-state index in [9.17, 15) is 14.9 Å². The first-order valence-electron chi connectivity index (χ1n) is 7.85. The number of aromatic amines is 1. The number of thiazole rings is 1. The highest BCUT2D eigenvalue weighted by atomic mass is 32.2. The van der Waals surface area contributed by atoms with E-state index in [0.29, 0.717) is 11.1 Å². The van der Waals surface area contributed by atoms with Gasteiger partial charge in [0.05, 0.1) is 20.4 Å². The Morgan fingerprint density at radius 3 is 2.92 bits per heavy atom. The van der Waals surface area contributed by atoms with Gasteiger partial charge in [0.2, 0.25) is 0 Å². The van der Waals surface area contributed by atoms with Gasteiger partial charge in [-0.15, -0.1) is 11.3 Å². The standard InChI is InChI=1S/C18H13N3O3S2/c1-10(17(22)13-9-19-14-5-3-2-4-12(13)14)25-18-20-15-7-6-11(21(23)24)8-16(15)26-18/h2-10,19H,1H3/t10-/m1/s1. The van der Waals surface area contributed by atoms with Crippen LogP contribution in [0.3, 0.4) is 0 Å². The number of thioether (sulfide) groups is 1. The van der Waals surface area contributed by atoms with E-state index in [1.54, 1.807) is 12.3 Å². The first-order valence-corrected chi connectivity index (χ1v) is 9.54. The van der Waals surface area contributed by atoms with Crippen LogP contribution >= 0.6 is 23.1 Å². The Morgan fingerprint density at radius 2 is 2.12 bits per heavy atom. The van der Waals surface area contributed by atoms with E-state index in [1.807, 2.05) is 31.2 Å². The number of carbonyl (C=O) groups is 1. The van der Waals surface area contributed by atoms with Crippen LogP contribution in [0.5, 0.6) is 0 Å². The average molecular weight is 383 g/mol. The third-order valence-electron chi connectivity index (χ3n) is 4.06. The molecule has 4 aromatic rings. The molecule has 4 rings (SSSR count). The van der Waals surface area contributed by atoms with E-state index in [0.717, 1.165) is 19.9 Å². The van der Waals surface area contributed by atoms with Crippen molar-refractivity contribution in [1.29, 1.82) is 0 Å². The van der Waals surface area contributed by atoms with Crippen LogP contribution in [0.15, 0.2) is 53.0 Å². The second kappa shape index (κ2) is 6.54. The van der Waals surface area contributed by atoms with Crippen molar-refractivity contribution in [2.45, 2.75) is 16.5 Å². The number of nitro benzene ring substituents is 1. The Bertz CT molecular complexity index is 1150. The van der Waals surface area contributed by atoms with Gasteiger partial charge >= 0.3 is 0 Å². The maximum Gasteiger partial charge on any atom is 0.270 e. The van der Waals surface area contributed by atoms with Crippen LogP contribution in [0.4, 0.5) is 5.69 Å². The lowest BCUT2D eigenvalue weighted by atomic mass is 10.1. The average Bonchev–Trinajstić information content (AvgIpc) is 3.23. The third kappa shape index (κ3) is 2.97. The van der Waals surface area contributed by atoms with Crippen LogP contribution in [0.25, 0.3) is 21.1 Å². The molecular weight excluding hydrogens is 370 g/mol. The smallest absolute Gasteiger partial charge is 0.270 e. The largest absolute Gasteiger partial charge is 0.360 e. The number of carbonyl (C=O) groups excluding carboxylic acids is 1. The number of H-pyrrole nitrogens is 1. The first-order chi connectivity index (χ1) is 12.5. The number of non-ortho nitro benzene ring substituents is 1. The summed E-state index contributed by atoms with van der Waals surface area (Å²) < 4.78 is 1.47. The topological polar surface area (TPSA) is 88.9 Å². The number of nitrogens with one attached hydrogen (secondary N) is 1. The van der Waals surface area contributed by atoms with Gasteiger partial charge in [-0.25, -0.2) is 4.98 Å². The maximum atomic E-state index is 12.8. The molecule has 6 nitrogen and oxygen atoms in total. The first kappa shape index (κ1) is 16.7. The predicted molar refractivity (Wildman–Crippen MR) is 104 cm³/mol. The fourth-order valence-corrected chi connectivity index (χ4v) is 5.07. The lowest BCUT2D eigenvalue weighted by Gasteiger charge is -2.07. The van der Waals surface area contributed by atoms with Gasteiger partial charge in [-0.05, 0) is 19.1 Å². The van der Waals surface area contributed by atoms with Gasteiger partial charge in [0.25, 0.3) is 5.69 Å². The molecule has 1 atom stereocenters. The quantitative estimate of drug-likeness (QED) is 0.225. The molecule has 130 valence electrons. The molecule has 1 N–H and O–H groups in total. The Labute approximate surface area is 156 Å². The molecule has 0 aliphatic heterocycles. The summed E-state index contributed by atoms with van der Waals surface area (Å²) in [7, 11) is 0. The Balaban J connectivity index is 1.59. The molecule has 0 bridgehead atoms. The summed E-state index contributed by atoms with van der Waals surface area (Å²) in [5.74, 6) is 0.0256. The molecule has 0 radical (unpaired) electrons. The molecule has 0 saturated heterocycles. The monoisotopic (exact) mass is 383 g/mol. The highest BCUT2D eigenvalue weighted by Crippen LogP contribution is 2.35. The minimum Gasteiger partial charge on any atom is -0.360 e. The van der Waals surface area contributed by atoms with Crippen molar-refractivity contribution < 1.29 is 9.72 Å². The van der Waals surface area contributed by atoms with E-state index in [4.69, 9.17) is 0 Å². The van der Waals surface area contributed by atoms with Gasteiger partial charge in [0, 0.05) is 34.8 Å². The Kier molecular flexibility index (Phi) is 4.21. The molecule has 0 unspecified atom stereocenters. The molecule has 0 amide bonds. The van der Waals surface area contributed by atoms with Crippen LogP contribution in [0, 0.1) is 10.1 Å². The lowest BCUT2D eigenvalue weighted by molar-refractivity contribution is -0.384. The van der Waals surface area contributed by atoms with Gasteiger partial charge in [-0.3, -0.25) is 14.9 Å². The molecule has 0 aliphatic rings. The molecule has 2 heterocycles. The molecule has 0 aliphatic carbocycles. The number of para-hydroxylation sites is 1. The van der Waals surface area contributed by atoms with Gasteiger partial charge in [-0.2, -0.15) is 0 Å². The Morgan fingerprint density at radius 1 is 1.31 bits per heavy atom. The van der Waals surface area contributed by atoms with Crippen molar-refractivity contribution in [1.82, 2.24) is 9.97 Å². The Hall–Kier alpha value is -2.71. The maximum absolute atomic E-state index is 12.8. The second-order valence-corrected chi connectivity index (χ2v) is 8.38. The molecule has 0 fully saturated rings. The van der Waals surface area contributed by atoms with E-state index < -0.39 is 4.92 Å². The lowest BCUT2D eigenvalue weighted by Crippen LogP contribution is -2.12. The number of ketones is 1. The van der Waals surface area contributed by atoms with Crippen molar-refractivity contribution in [3.8, 4) is 0 Å². The summed E-state index contributed by atoms with van der Waals surface area (Å²) in [4.78, 5) is 30.9. The molecular formula is C18H13N3O3S2. The SMILES string of the molecule is C[C@@H](Sc1nc2ccc([N+](=O)[O-])cc2s1)C(=O)c1c[nH]c2ccccc12. The van der Waals surface area contributed by atoms with Crippen molar-refractivity contribution in [3.63, 3.8) is 0 Å². The molecule has 8 heteroatoms. The summed E-state index contributed by atoms with van der Waals surface area (Å²) in [5.41, 5.74) is 2.34. The summed E-state index contributed by atoms with van der Waals surface area (Å²) in [6, 6.07) is 12.3. The van der Waals surface area contributed by atoms with Gasteiger partial charge < -0.3 is 4.98 Å². The van der Waals surface area contributed by atoms with E-state index >= 15 is 0 Å². The molecule has 26 heavy (non-hydrogen) atoms. The normalized spacial score (nSPS) is 12.5. The van der Waals surface area contributed by atoms with Gasteiger partial charge in [0.1, 0.15) is 0 Å². The summed E-state index contributed by atoms with van der Waals surface area (Å²) in [6.07, 6.45) is 1.74. The summed E-state index contributed by atoms with van der Waals surface area (Å²) >= 11 is 2.74. The van der Waals surface area contributed by atoms with Crippen LogP contribution in [0.1, 0.15) is 17.3 Å². The van der Waals surface area contributed by atoms with E-state index in [2.05, 4.69) is 9.97 Å². The second-order valence-electron chi connectivity index (χ2n) is 5.76. The van der Waals surface area contributed by atoms with E-state index in [1.165, 1.54) is 35.2 Å². The predicted octanol–water partition coefficient (Wildman–Crippen LogP) is 5.05.